The monoisotopic (exact) mass is 360 g/mol. The van der Waals surface area contributed by atoms with E-state index >= 15 is 0 Å². The first-order valence-corrected chi connectivity index (χ1v) is 8.68. The third-order valence-electron chi connectivity index (χ3n) is 4.29. The molecule has 0 spiro atoms. The Labute approximate surface area is 155 Å². The van der Waals surface area contributed by atoms with Crippen molar-refractivity contribution in [2.24, 2.45) is 0 Å². The van der Waals surface area contributed by atoms with Crippen molar-refractivity contribution in [2.75, 3.05) is 6.54 Å². The van der Waals surface area contributed by atoms with Crippen LogP contribution in [0.4, 0.5) is 4.39 Å². The van der Waals surface area contributed by atoms with Crippen LogP contribution in [0.15, 0.2) is 77.2 Å². The van der Waals surface area contributed by atoms with Crippen LogP contribution >= 0.6 is 0 Å². The van der Waals surface area contributed by atoms with E-state index in [1.165, 1.54) is 6.07 Å². The molecule has 1 amide bonds. The molecule has 0 aliphatic rings. The predicted octanol–water partition coefficient (Wildman–Crippen LogP) is 4.61. The number of hydrogen-bond acceptors (Lipinski definition) is 3. The van der Waals surface area contributed by atoms with Gasteiger partial charge in [0.25, 0.3) is 5.91 Å². The van der Waals surface area contributed by atoms with E-state index in [-0.39, 0.29) is 17.5 Å². The van der Waals surface area contributed by atoms with E-state index in [9.17, 15) is 9.18 Å². The van der Waals surface area contributed by atoms with Crippen molar-refractivity contribution in [1.29, 1.82) is 0 Å². The summed E-state index contributed by atoms with van der Waals surface area (Å²) in [4.78, 5) is 16.8. The molecular weight excluding hydrogens is 343 g/mol. The fraction of sp³-hybridized carbons (Fsp3) is 0.0909. The van der Waals surface area contributed by atoms with Gasteiger partial charge in [-0.2, -0.15) is 0 Å². The summed E-state index contributed by atoms with van der Waals surface area (Å²) in [7, 11) is 0. The van der Waals surface area contributed by atoms with Gasteiger partial charge in [0, 0.05) is 24.0 Å². The number of nitrogens with zero attached hydrogens (tertiary/aromatic N) is 1. The second kappa shape index (κ2) is 7.41. The number of carbonyl (C=O) groups is 1. The van der Waals surface area contributed by atoms with Crippen LogP contribution in [0.3, 0.4) is 0 Å². The van der Waals surface area contributed by atoms with Gasteiger partial charge in [-0.05, 0) is 36.4 Å². The Morgan fingerprint density at radius 3 is 2.67 bits per heavy atom. The molecule has 0 fully saturated rings. The minimum atomic E-state index is -0.388. The van der Waals surface area contributed by atoms with Crippen LogP contribution in [-0.4, -0.2) is 17.4 Å². The van der Waals surface area contributed by atoms with Gasteiger partial charge in [-0.25, -0.2) is 4.39 Å². The Morgan fingerprint density at radius 1 is 0.963 bits per heavy atom. The summed E-state index contributed by atoms with van der Waals surface area (Å²) in [5, 5.41) is 3.89. The zero-order valence-electron chi connectivity index (χ0n) is 14.5. The molecule has 0 radical (unpaired) electrons. The molecule has 0 saturated carbocycles. The quantitative estimate of drug-likeness (QED) is 0.566. The average Bonchev–Trinajstić information content (AvgIpc) is 3.18. The summed E-state index contributed by atoms with van der Waals surface area (Å²) in [6, 6.07) is 21.3. The normalized spacial score (nSPS) is 10.9. The summed E-state index contributed by atoms with van der Waals surface area (Å²) in [6.07, 6.45) is 0.609. The summed E-state index contributed by atoms with van der Waals surface area (Å²) in [5.41, 5.74) is 2.17. The van der Waals surface area contributed by atoms with Crippen LogP contribution in [0.25, 0.3) is 22.2 Å². The molecule has 27 heavy (non-hydrogen) atoms. The van der Waals surface area contributed by atoms with Crippen LogP contribution in [0.2, 0.25) is 0 Å². The fourth-order valence-corrected chi connectivity index (χ4v) is 2.90. The number of nitrogens with one attached hydrogen (secondary N) is 1. The third-order valence-corrected chi connectivity index (χ3v) is 4.29. The predicted molar refractivity (Wildman–Crippen MR) is 102 cm³/mol. The van der Waals surface area contributed by atoms with E-state index in [1.807, 2.05) is 36.4 Å². The largest absolute Gasteiger partial charge is 0.451 e. The van der Waals surface area contributed by atoms with Gasteiger partial charge in [-0.15, -0.1) is 0 Å². The van der Waals surface area contributed by atoms with E-state index < -0.39 is 0 Å². The maximum atomic E-state index is 13.8. The smallest absolute Gasteiger partial charge is 0.287 e. The molecule has 0 aliphatic heterocycles. The standard InChI is InChI=1S/C22H17FN2O2/c23-18-7-3-2-6-17(18)20-11-12-21(27-20)22(26)24-14-13-16-10-9-15-5-1-4-8-19(15)25-16/h1-12H,13-14H2,(H,24,26). The zero-order valence-corrected chi connectivity index (χ0v) is 14.5. The number of pyridine rings is 1. The highest BCUT2D eigenvalue weighted by Crippen LogP contribution is 2.24. The highest BCUT2D eigenvalue weighted by atomic mass is 19.1. The highest BCUT2D eigenvalue weighted by molar-refractivity contribution is 5.92. The number of carbonyl (C=O) groups excluding carboxylic acids is 1. The van der Waals surface area contributed by atoms with E-state index in [1.54, 1.807) is 30.3 Å². The van der Waals surface area contributed by atoms with Crippen LogP contribution in [0.1, 0.15) is 16.2 Å². The van der Waals surface area contributed by atoms with Gasteiger partial charge in [0.2, 0.25) is 0 Å². The van der Waals surface area contributed by atoms with Gasteiger partial charge in [-0.3, -0.25) is 9.78 Å². The van der Waals surface area contributed by atoms with Gasteiger partial charge in [0.1, 0.15) is 11.6 Å². The van der Waals surface area contributed by atoms with E-state index in [0.29, 0.717) is 24.3 Å². The Balaban J connectivity index is 1.39. The van der Waals surface area contributed by atoms with Crippen LogP contribution in [-0.2, 0) is 6.42 Å². The number of fused-ring (bicyclic) bond motifs is 1. The van der Waals surface area contributed by atoms with Gasteiger partial charge in [0.15, 0.2) is 5.76 Å². The number of benzene rings is 2. The van der Waals surface area contributed by atoms with Crippen molar-refractivity contribution in [2.45, 2.75) is 6.42 Å². The molecule has 1 N–H and O–H groups in total. The minimum Gasteiger partial charge on any atom is -0.451 e. The summed E-state index contributed by atoms with van der Waals surface area (Å²) >= 11 is 0. The number of aromatic nitrogens is 1. The molecule has 4 nitrogen and oxygen atoms in total. The molecular formula is C22H17FN2O2. The second-order valence-corrected chi connectivity index (χ2v) is 6.14. The van der Waals surface area contributed by atoms with Crippen LogP contribution in [0, 0.1) is 5.82 Å². The molecule has 5 heteroatoms. The number of hydrogen-bond donors (Lipinski definition) is 1. The van der Waals surface area contributed by atoms with Crippen molar-refractivity contribution in [1.82, 2.24) is 10.3 Å². The average molecular weight is 360 g/mol. The molecule has 0 unspecified atom stereocenters. The Hall–Kier alpha value is -3.47. The number of amides is 1. The van der Waals surface area contributed by atoms with E-state index in [2.05, 4.69) is 10.3 Å². The van der Waals surface area contributed by atoms with Crippen molar-refractivity contribution in [3.63, 3.8) is 0 Å². The lowest BCUT2D eigenvalue weighted by Crippen LogP contribution is -2.25. The molecule has 2 heterocycles. The summed E-state index contributed by atoms with van der Waals surface area (Å²) in [6.45, 7) is 0.430. The first kappa shape index (κ1) is 17.0. The fourth-order valence-electron chi connectivity index (χ4n) is 2.90. The van der Waals surface area contributed by atoms with Crippen LogP contribution < -0.4 is 5.32 Å². The third kappa shape index (κ3) is 3.72. The van der Waals surface area contributed by atoms with Crippen LogP contribution in [0.5, 0.6) is 0 Å². The lowest BCUT2D eigenvalue weighted by Gasteiger charge is -2.05. The number of halogens is 1. The topological polar surface area (TPSA) is 55.1 Å². The second-order valence-electron chi connectivity index (χ2n) is 6.14. The first-order valence-electron chi connectivity index (χ1n) is 8.68. The number of furan rings is 1. The molecule has 2 aromatic heterocycles. The SMILES string of the molecule is O=C(NCCc1ccc2ccccc2n1)c1ccc(-c2ccccc2F)o1. The minimum absolute atomic E-state index is 0.153. The maximum absolute atomic E-state index is 13.8. The number of rotatable bonds is 5. The van der Waals surface area contributed by atoms with E-state index in [0.717, 1.165) is 16.6 Å². The van der Waals surface area contributed by atoms with E-state index in [4.69, 9.17) is 4.42 Å². The molecule has 0 saturated heterocycles. The summed E-state index contributed by atoms with van der Waals surface area (Å²) < 4.78 is 19.3. The Morgan fingerprint density at radius 2 is 1.78 bits per heavy atom. The molecule has 2 aromatic carbocycles. The van der Waals surface area contributed by atoms with Gasteiger partial charge in [0.05, 0.1) is 11.1 Å². The van der Waals surface area contributed by atoms with Gasteiger partial charge < -0.3 is 9.73 Å². The Kier molecular flexibility index (Phi) is 4.66. The van der Waals surface area contributed by atoms with Gasteiger partial charge in [-0.1, -0.05) is 36.4 Å². The Bertz CT molecular complexity index is 1100. The lowest BCUT2D eigenvalue weighted by molar-refractivity contribution is 0.0927. The lowest BCUT2D eigenvalue weighted by atomic mass is 10.1. The van der Waals surface area contributed by atoms with Crippen molar-refractivity contribution in [3.8, 4) is 11.3 Å². The van der Waals surface area contributed by atoms with Crippen molar-refractivity contribution >= 4 is 16.8 Å². The molecule has 4 aromatic rings. The molecule has 0 bridgehead atoms. The van der Waals surface area contributed by atoms with Crippen molar-refractivity contribution < 1.29 is 13.6 Å². The summed E-state index contributed by atoms with van der Waals surface area (Å²) in [5.74, 6) is -0.242. The molecule has 4 rings (SSSR count). The van der Waals surface area contributed by atoms with Gasteiger partial charge >= 0.3 is 0 Å². The molecule has 134 valence electrons. The molecule has 0 atom stereocenters. The number of para-hydroxylation sites is 1. The first-order chi connectivity index (χ1) is 13.2. The maximum Gasteiger partial charge on any atom is 0.287 e. The van der Waals surface area contributed by atoms with Crippen molar-refractivity contribution in [3.05, 3.63) is 90.1 Å². The highest BCUT2D eigenvalue weighted by Gasteiger charge is 2.14. The zero-order chi connectivity index (χ0) is 18.6. The molecule has 0 aliphatic carbocycles.